The molecule has 3 rings (SSSR count). The van der Waals surface area contributed by atoms with Gasteiger partial charge in [0, 0.05) is 42.9 Å². The number of nitrogens with one attached hydrogen (secondary N) is 3. The summed E-state index contributed by atoms with van der Waals surface area (Å²) in [7, 11) is 4.23. The number of carbonyl (C=O) groups excluding carboxylic acids is 2. The van der Waals surface area contributed by atoms with Gasteiger partial charge in [-0.2, -0.15) is 0 Å². The topological polar surface area (TPSA) is 74.0 Å². The highest BCUT2D eigenvalue weighted by Crippen LogP contribution is 2.23. The van der Waals surface area contributed by atoms with E-state index in [1.807, 2.05) is 24.4 Å². The monoisotopic (exact) mass is 553 g/mol. The zero-order valence-corrected chi connectivity index (χ0v) is 25.7. The molecule has 0 saturated carbocycles. The fraction of sp³-hybridized carbons (Fsp3) is 0.706. The van der Waals surface area contributed by atoms with Crippen LogP contribution in [-0.2, 0) is 16.0 Å². The van der Waals surface area contributed by atoms with Gasteiger partial charge in [-0.05, 0) is 18.1 Å². The van der Waals surface area contributed by atoms with Crippen molar-refractivity contribution < 1.29 is 14.1 Å². The van der Waals surface area contributed by atoms with Gasteiger partial charge >= 0.3 is 0 Å². The lowest BCUT2D eigenvalue weighted by Crippen LogP contribution is -2.57. The molecule has 1 saturated heterocycles. The van der Waals surface area contributed by atoms with Crippen LogP contribution in [0.5, 0.6) is 0 Å². The minimum atomic E-state index is -0.570. The first-order chi connectivity index (χ1) is 19.4. The normalized spacial score (nSPS) is 17.2. The molecular formula is C34H57N4O2+. The number of nitrogens with zero attached hydrogens (tertiary/aromatic N) is 1. The molecule has 1 aliphatic heterocycles. The molecule has 2 heterocycles. The molecule has 2 aromatic rings. The first-order valence-electron chi connectivity index (χ1n) is 16.4. The predicted octanol–water partition coefficient (Wildman–Crippen LogP) is 7.03. The number of quaternary nitrogens is 1. The van der Waals surface area contributed by atoms with Gasteiger partial charge in [-0.3, -0.25) is 9.59 Å². The molecule has 40 heavy (non-hydrogen) atoms. The molecule has 6 heteroatoms. The number of fused-ring (bicyclic) bond motifs is 1. The van der Waals surface area contributed by atoms with Crippen molar-refractivity contribution in [1.82, 2.24) is 15.6 Å². The summed E-state index contributed by atoms with van der Waals surface area (Å²) in [6, 6.07) is 7.47. The van der Waals surface area contributed by atoms with Crippen LogP contribution in [0.15, 0.2) is 30.5 Å². The van der Waals surface area contributed by atoms with Crippen LogP contribution in [0.3, 0.4) is 0 Å². The lowest BCUT2D eigenvalue weighted by Gasteiger charge is -2.31. The molecule has 224 valence electrons. The zero-order valence-electron chi connectivity index (χ0n) is 25.7. The van der Waals surface area contributed by atoms with Crippen LogP contribution in [0.1, 0.15) is 115 Å². The molecule has 1 fully saturated rings. The third kappa shape index (κ3) is 10.6. The molecule has 2 atom stereocenters. The van der Waals surface area contributed by atoms with Gasteiger partial charge in [0.2, 0.25) is 5.91 Å². The number of benzene rings is 1. The number of hydrogen-bond donors (Lipinski definition) is 3. The Labute approximate surface area is 243 Å². The van der Waals surface area contributed by atoms with Crippen LogP contribution < -0.4 is 10.6 Å². The van der Waals surface area contributed by atoms with E-state index in [0.29, 0.717) is 17.4 Å². The Hall–Kier alpha value is -2.34. The summed E-state index contributed by atoms with van der Waals surface area (Å²) >= 11 is 0. The summed E-state index contributed by atoms with van der Waals surface area (Å²) in [5, 5.41) is 7.38. The number of para-hydroxylation sites is 1. The molecule has 1 aromatic heterocycles. The first-order valence-corrected chi connectivity index (χ1v) is 16.4. The molecule has 0 aliphatic carbocycles. The van der Waals surface area contributed by atoms with Crippen molar-refractivity contribution >= 4 is 22.7 Å². The quantitative estimate of drug-likeness (QED) is 0.122. The van der Waals surface area contributed by atoms with Crippen LogP contribution in [0.25, 0.3) is 10.9 Å². The van der Waals surface area contributed by atoms with E-state index in [1.54, 1.807) is 0 Å². The van der Waals surface area contributed by atoms with Crippen molar-refractivity contribution in [1.29, 1.82) is 0 Å². The second kappa shape index (κ2) is 17.5. The highest BCUT2D eigenvalue weighted by Gasteiger charge is 2.40. The maximum Gasteiger partial charge on any atom is 0.279 e. The highest BCUT2D eigenvalue weighted by molar-refractivity contribution is 5.91. The van der Waals surface area contributed by atoms with Gasteiger partial charge in [0.1, 0.15) is 6.04 Å². The first kappa shape index (κ1) is 32.2. The Morgan fingerprint density at radius 1 is 0.900 bits per heavy atom. The Morgan fingerprint density at radius 2 is 1.50 bits per heavy atom. The minimum Gasteiger partial charge on any atom is -0.361 e. The van der Waals surface area contributed by atoms with Crippen LogP contribution in [0.2, 0.25) is 0 Å². The number of aromatic nitrogens is 1. The van der Waals surface area contributed by atoms with Crippen molar-refractivity contribution in [3.63, 3.8) is 0 Å². The third-order valence-electron chi connectivity index (χ3n) is 8.92. The number of unbranched alkanes of at least 4 members (excludes halogenated alkanes) is 13. The lowest BCUT2D eigenvalue weighted by atomic mass is 10.0. The van der Waals surface area contributed by atoms with Gasteiger partial charge < -0.3 is 20.1 Å². The molecule has 0 radical (unpaired) electrons. The SMILES string of the molecule is CCCCCCCCCCCCCCCCNC(=O)C(Cc1c[nH]c2ccccc12)NC(=O)C1CCC[N+]1(C)C. The van der Waals surface area contributed by atoms with E-state index >= 15 is 0 Å². The Bertz CT molecular complexity index is 1010. The zero-order chi connectivity index (χ0) is 28.6. The average Bonchev–Trinajstić information content (AvgIpc) is 3.52. The highest BCUT2D eigenvalue weighted by atomic mass is 16.2. The number of H-pyrrole nitrogens is 1. The van der Waals surface area contributed by atoms with E-state index in [4.69, 9.17) is 0 Å². The van der Waals surface area contributed by atoms with Crippen LogP contribution in [0, 0.1) is 0 Å². The van der Waals surface area contributed by atoms with Crippen LogP contribution in [-0.4, -0.2) is 60.5 Å². The van der Waals surface area contributed by atoms with E-state index in [-0.39, 0.29) is 17.9 Å². The summed E-state index contributed by atoms with van der Waals surface area (Å²) in [4.78, 5) is 29.9. The summed E-state index contributed by atoms with van der Waals surface area (Å²) in [6.07, 6.45) is 22.9. The molecular weight excluding hydrogens is 496 g/mol. The van der Waals surface area contributed by atoms with Gasteiger partial charge in [-0.15, -0.1) is 0 Å². The van der Waals surface area contributed by atoms with Gasteiger partial charge in [-0.1, -0.05) is 109 Å². The molecule has 0 bridgehead atoms. The number of carbonyl (C=O) groups is 2. The summed E-state index contributed by atoms with van der Waals surface area (Å²) < 4.78 is 0.687. The molecule has 0 spiro atoms. The standard InChI is InChI=1S/C34H56N4O2/c1-4-5-6-7-8-9-10-11-12-13-14-15-16-19-24-35-33(39)31(37-34(40)32-23-20-25-38(32,2)3)26-28-27-36-30-22-18-17-21-29(28)30/h17-18,21-22,27,31-32,36H,4-16,19-20,23-26H2,1-3H3,(H-,35,37,39,40)/p+1. The molecule has 1 aliphatic rings. The van der Waals surface area contributed by atoms with Gasteiger partial charge in [-0.25, -0.2) is 0 Å². The van der Waals surface area contributed by atoms with E-state index in [1.165, 1.54) is 77.0 Å². The minimum absolute atomic E-state index is 0.000940. The Balaban J connectivity index is 1.36. The van der Waals surface area contributed by atoms with Gasteiger partial charge in [0.25, 0.3) is 5.91 Å². The van der Waals surface area contributed by atoms with Gasteiger partial charge in [0.15, 0.2) is 6.04 Å². The van der Waals surface area contributed by atoms with Crippen molar-refractivity contribution in [3.05, 3.63) is 36.0 Å². The van der Waals surface area contributed by atoms with Crippen molar-refractivity contribution in [2.45, 2.75) is 128 Å². The molecule has 6 nitrogen and oxygen atoms in total. The maximum absolute atomic E-state index is 13.3. The van der Waals surface area contributed by atoms with Crippen molar-refractivity contribution in [2.24, 2.45) is 0 Å². The van der Waals surface area contributed by atoms with E-state index in [9.17, 15) is 9.59 Å². The second-order valence-electron chi connectivity index (χ2n) is 12.7. The van der Waals surface area contributed by atoms with Gasteiger partial charge in [0.05, 0.1) is 20.6 Å². The van der Waals surface area contributed by atoms with Crippen molar-refractivity contribution in [3.8, 4) is 0 Å². The summed E-state index contributed by atoms with van der Waals surface area (Å²) in [5.74, 6) is -0.0735. The molecule has 2 unspecified atom stereocenters. The fourth-order valence-corrected chi connectivity index (χ4v) is 6.30. The molecule has 2 amide bonds. The molecule has 1 aromatic carbocycles. The smallest absolute Gasteiger partial charge is 0.279 e. The Kier molecular flexibility index (Phi) is 14.1. The predicted molar refractivity (Wildman–Crippen MR) is 167 cm³/mol. The van der Waals surface area contributed by atoms with E-state index in [0.717, 1.165) is 48.7 Å². The second-order valence-corrected chi connectivity index (χ2v) is 12.7. The van der Waals surface area contributed by atoms with Crippen molar-refractivity contribution in [2.75, 3.05) is 27.2 Å². The molecule has 3 N–H and O–H groups in total. The van der Waals surface area contributed by atoms with E-state index in [2.05, 4.69) is 42.7 Å². The lowest BCUT2D eigenvalue weighted by molar-refractivity contribution is -0.893. The number of likely N-dealkylation sites (tertiary alicyclic amines) is 1. The van der Waals surface area contributed by atoms with Crippen LogP contribution >= 0.6 is 0 Å². The Morgan fingerprint density at radius 3 is 2.10 bits per heavy atom. The number of amides is 2. The summed E-state index contributed by atoms with van der Waals surface area (Å²) in [6.45, 7) is 3.94. The summed E-state index contributed by atoms with van der Waals surface area (Å²) in [5.41, 5.74) is 2.12. The maximum atomic E-state index is 13.3. The number of aromatic amines is 1. The number of rotatable bonds is 20. The average molecular weight is 554 g/mol. The fourth-order valence-electron chi connectivity index (χ4n) is 6.30. The van der Waals surface area contributed by atoms with E-state index < -0.39 is 6.04 Å². The largest absolute Gasteiger partial charge is 0.361 e. The number of likely N-dealkylation sites (N-methyl/N-ethyl adjacent to an activating group) is 1. The third-order valence-corrected chi connectivity index (χ3v) is 8.92. The van der Waals surface area contributed by atoms with Crippen LogP contribution in [0.4, 0.5) is 0 Å². The number of hydrogen-bond acceptors (Lipinski definition) is 2.